The minimum absolute atomic E-state index is 0.0233. The summed E-state index contributed by atoms with van der Waals surface area (Å²) in [6.07, 6.45) is -3.51. The fourth-order valence-corrected chi connectivity index (χ4v) is 3.07. The van der Waals surface area contributed by atoms with E-state index in [0.29, 0.717) is 34.4 Å². The number of nitrogens with one attached hydrogen (secondary N) is 1. The predicted molar refractivity (Wildman–Crippen MR) is 122 cm³/mol. The number of ether oxygens (including phenoxy) is 2. The summed E-state index contributed by atoms with van der Waals surface area (Å²) >= 11 is 0. The number of pyridine rings is 1. The van der Waals surface area contributed by atoms with E-state index < -0.39 is 11.9 Å². The molecule has 2 aromatic heterocycles. The van der Waals surface area contributed by atoms with Gasteiger partial charge in [-0.15, -0.1) is 0 Å². The minimum Gasteiger partial charge on any atom is -0.495 e. The molecule has 0 saturated heterocycles. The van der Waals surface area contributed by atoms with Gasteiger partial charge in [0, 0.05) is 29.6 Å². The molecule has 174 valence electrons. The second-order valence-corrected chi connectivity index (χ2v) is 7.08. The molecule has 2 aromatic carbocycles. The monoisotopic (exact) mass is 468 g/mol. The van der Waals surface area contributed by atoms with E-state index in [9.17, 15) is 13.2 Å². The van der Waals surface area contributed by atoms with Crippen LogP contribution in [0.15, 0.2) is 66.9 Å². The van der Waals surface area contributed by atoms with Gasteiger partial charge in [0.25, 0.3) is 0 Å². The molecular weight excluding hydrogens is 449 g/mol. The van der Waals surface area contributed by atoms with Gasteiger partial charge in [0.05, 0.1) is 18.5 Å². The highest BCUT2D eigenvalue weighted by molar-refractivity contribution is 5.71. The predicted octanol–water partition coefficient (Wildman–Crippen LogP) is 5.27. The first-order valence-electron chi connectivity index (χ1n) is 9.88. The van der Waals surface area contributed by atoms with E-state index in [-0.39, 0.29) is 11.7 Å². The molecule has 0 saturated carbocycles. The Kier molecular flexibility index (Phi) is 6.09. The number of nitrogens with two attached hydrogens (primary N) is 2. The van der Waals surface area contributed by atoms with Crippen molar-refractivity contribution in [3.05, 3.63) is 72.6 Å². The van der Waals surface area contributed by atoms with Crippen LogP contribution in [0.25, 0.3) is 11.3 Å². The maximum atomic E-state index is 12.8. The molecule has 0 aliphatic carbocycles. The van der Waals surface area contributed by atoms with E-state index in [2.05, 4.69) is 20.3 Å². The topological polar surface area (TPSA) is 121 Å². The maximum absolute atomic E-state index is 12.8. The van der Waals surface area contributed by atoms with Gasteiger partial charge < -0.3 is 26.3 Å². The number of alkyl halides is 3. The minimum atomic E-state index is -4.55. The first-order chi connectivity index (χ1) is 16.2. The summed E-state index contributed by atoms with van der Waals surface area (Å²) in [7, 11) is 1.52. The molecule has 0 radical (unpaired) electrons. The van der Waals surface area contributed by atoms with Gasteiger partial charge in [-0.3, -0.25) is 4.98 Å². The van der Waals surface area contributed by atoms with E-state index >= 15 is 0 Å². The number of anilines is 4. The maximum Gasteiger partial charge on any atom is 0.433 e. The van der Waals surface area contributed by atoms with Gasteiger partial charge in [-0.2, -0.15) is 18.2 Å². The number of nitrogen functional groups attached to an aromatic ring is 2. The molecule has 4 rings (SSSR count). The van der Waals surface area contributed by atoms with Gasteiger partial charge in [-0.25, -0.2) is 4.98 Å². The molecular formula is C23H19F3N6O2. The lowest BCUT2D eigenvalue weighted by Crippen LogP contribution is -2.07. The summed E-state index contributed by atoms with van der Waals surface area (Å²) in [5.41, 5.74) is 13.2. The second kappa shape index (κ2) is 9.14. The van der Waals surface area contributed by atoms with Crippen LogP contribution in [-0.2, 0) is 6.18 Å². The Morgan fingerprint density at radius 3 is 2.35 bits per heavy atom. The lowest BCUT2D eigenvalue weighted by atomic mass is 10.1. The van der Waals surface area contributed by atoms with Gasteiger partial charge in [0.2, 0.25) is 5.95 Å². The SMILES string of the molecule is COc1cc(-c2cc(Nc3ccc(Oc4ccnc(C(F)(F)F)c4)cc3)nc(N)n2)ccc1N. The zero-order valence-electron chi connectivity index (χ0n) is 17.8. The average Bonchev–Trinajstić information content (AvgIpc) is 2.80. The van der Waals surface area contributed by atoms with Gasteiger partial charge >= 0.3 is 6.18 Å². The molecule has 0 aliphatic heterocycles. The highest BCUT2D eigenvalue weighted by atomic mass is 19.4. The zero-order valence-corrected chi connectivity index (χ0v) is 17.8. The van der Waals surface area contributed by atoms with Crippen molar-refractivity contribution in [2.24, 2.45) is 0 Å². The molecule has 0 unspecified atom stereocenters. The Hall–Kier alpha value is -4.54. The van der Waals surface area contributed by atoms with Crippen LogP contribution in [0.1, 0.15) is 5.69 Å². The van der Waals surface area contributed by atoms with E-state index in [1.807, 2.05) is 0 Å². The van der Waals surface area contributed by atoms with Crippen molar-refractivity contribution < 1.29 is 22.6 Å². The zero-order chi connectivity index (χ0) is 24.3. The van der Waals surface area contributed by atoms with Crippen LogP contribution >= 0.6 is 0 Å². The molecule has 8 nitrogen and oxygen atoms in total. The average molecular weight is 468 g/mol. The number of halogens is 3. The second-order valence-electron chi connectivity index (χ2n) is 7.08. The van der Waals surface area contributed by atoms with Crippen LogP contribution in [0.5, 0.6) is 17.2 Å². The number of methoxy groups -OCH3 is 1. The van der Waals surface area contributed by atoms with Gasteiger partial charge in [-0.05, 0) is 42.5 Å². The summed E-state index contributed by atoms with van der Waals surface area (Å²) in [6, 6.07) is 15.7. The molecule has 0 amide bonds. The molecule has 5 N–H and O–H groups in total. The Balaban J connectivity index is 1.51. The number of rotatable bonds is 6. The first-order valence-corrected chi connectivity index (χ1v) is 9.88. The summed E-state index contributed by atoms with van der Waals surface area (Å²) in [6.45, 7) is 0. The van der Waals surface area contributed by atoms with Crippen LogP contribution in [0.2, 0.25) is 0 Å². The first kappa shape index (κ1) is 22.6. The number of nitrogens with zero attached hydrogens (tertiary/aromatic N) is 3. The van der Waals surface area contributed by atoms with E-state index in [1.54, 1.807) is 48.5 Å². The van der Waals surface area contributed by atoms with Gasteiger partial charge in [-0.1, -0.05) is 6.07 Å². The number of hydrogen-bond donors (Lipinski definition) is 3. The molecule has 0 bridgehead atoms. The quantitative estimate of drug-likeness (QED) is 0.328. The Morgan fingerprint density at radius 1 is 0.882 bits per heavy atom. The summed E-state index contributed by atoms with van der Waals surface area (Å²) in [5.74, 6) is 1.39. The van der Waals surface area contributed by atoms with Crippen molar-refractivity contribution in [2.45, 2.75) is 6.18 Å². The summed E-state index contributed by atoms with van der Waals surface area (Å²) < 4.78 is 49.3. The standard InChI is InChI=1S/C23H19F3N6O2/c1-33-19-10-13(2-7-17(19)27)18-12-21(32-22(28)31-18)30-14-3-5-15(6-4-14)34-16-8-9-29-20(11-16)23(24,25)26/h2-12H,27H2,1H3,(H3,28,30,31,32). The third-order valence-corrected chi connectivity index (χ3v) is 4.66. The number of aromatic nitrogens is 3. The molecule has 11 heteroatoms. The summed E-state index contributed by atoms with van der Waals surface area (Å²) in [4.78, 5) is 11.8. The van der Waals surface area contributed by atoms with Crippen molar-refractivity contribution in [1.29, 1.82) is 0 Å². The molecule has 0 fully saturated rings. The third-order valence-electron chi connectivity index (χ3n) is 4.66. The van der Waals surface area contributed by atoms with E-state index in [4.69, 9.17) is 20.9 Å². The van der Waals surface area contributed by atoms with Crippen LogP contribution < -0.4 is 26.3 Å². The van der Waals surface area contributed by atoms with Crippen LogP contribution in [0.3, 0.4) is 0 Å². The van der Waals surface area contributed by atoms with Crippen molar-refractivity contribution >= 4 is 23.1 Å². The normalized spacial score (nSPS) is 11.2. The number of benzene rings is 2. The third kappa shape index (κ3) is 5.26. The lowest BCUT2D eigenvalue weighted by Gasteiger charge is -2.11. The summed E-state index contributed by atoms with van der Waals surface area (Å²) in [5, 5.41) is 3.11. The van der Waals surface area contributed by atoms with Crippen molar-refractivity contribution in [1.82, 2.24) is 15.0 Å². The Morgan fingerprint density at radius 2 is 1.65 bits per heavy atom. The largest absolute Gasteiger partial charge is 0.495 e. The van der Waals surface area contributed by atoms with Crippen molar-refractivity contribution in [3.8, 4) is 28.5 Å². The smallest absolute Gasteiger partial charge is 0.433 e. The highest BCUT2D eigenvalue weighted by Gasteiger charge is 2.32. The molecule has 0 spiro atoms. The van der Waals surface area contributed by atoms with Crippen molar-refractivity contribution in [3.63, 3.8) is 0 Å². The molecule has 2 heterocycles. The molecule has 4 aromatic rings. The van der Waals surface area contributed by atoms with E-state index in [1.165, 1.54) is 13.2 Å². The molecule has 34 heavy (non-hydrogen) atoms. The van der Waals surface area contributed by atoms with Crippen LogP contribution in [-0.4, -0.2) is 22.1 Å². The fourth-order valence-electron chi connectivity index (χ4n) is 3.07. The Labute approximate surface area is 192 Å². The van der Waals surface area contributed by atoms with Gasteiger partial charge in [0.15, 0.2) is 0 Å². The fraction of sp³-hybridized carbons (Fsp3) is 0.0870. The number of hydrogen-bond acceptors (Lipinski definition) is 8. The Bertz CT molecular complexity index is 1310. The van der Waals surface area contributed by atoms with Gasteiger partial charge in [0.1, 0.15) is 28.8 Å². The van der Waals surface area contributed by atoms with Crippen molar-refractivity contribution in [2.75, 3.05) is 23.9 Å². The lowest BCUT2D eigenvalue weighted by molar-refractivity contribution is -0.141. The van der Waals surface area contributed by atoms with E-state index in [0.717, 1.165) is 17.8 Å². The molecule has 0 atom stereocenters. The van der Waals surface area contributed by atoms with Crippen LogP contribution in [0, 0.1) is 0 Å². The highest BCUT2D eigenvalue weighted by Crippen LogP contribution is 2.32. The van der Waals surface area contributed by atoms with Crippen LogP contribution in [0.4, 0.5) is 36.3 Å². The molecule has 0 aliphatic rings.